The van der Waals surface area contributed by atoms with Gasteiger partial charge in [-0.15, -0.1) is 11.3 Å². The standard InChI is InChI=1S/C15H21ClN4S/c1-10-3-6-20(7-4-10)8-5-17-13-12-9-11(2)21-14(12)19-15(16)18-13/h9-10H,3-8H2,1-2H3,(H,17,18,19). The summed E-state index contributed by atoms with van der Waals surface area (Å²) in [6.07, 6.45) is 2.63. The van der Waals surface area contributed by atoms with E-state index in [1.54, 1.807) is 11.3 Å². The number of likely N-dealkylation sites (tertiary alicyclic amines) is 1. The first-order chi connectivity index (χ1) is 10.1. The second-order valence-electron chi connectivity index (χ2n) is 5.87. The average Bonchev–Trinajstić information content (AvgIpc) is 2.81. The third-order valence-electron chi connectivity index (χ3n) is 4.09. The van der Waals surface area contributed by atoms with Gasteiger partial charge in [-0.05, 0) is 56.4 Å². The first-order valence-electron chi connectivity index (χ1n) is 7.52. The van der Waals surface area contributed by atoms with Crippen LogP contribution in [0.15, 0.2) is 6.07 Å². The van der Waals surface area contributed by atoms with Gasteiger partial charge in [-0.3, -0.25) is 0 Å². The van der Waals surface area contributed by atoms with Crippen LogP contribution in [0.25, 0.3) is 10.2 Å². The molecule has 6 heteroatoms. The van der Waals surface area contributed by atoms with Gasteiger partial charge in [0.2, 0.25) is 5.28 Å². The molecule has 4 nitrogen and oxygen atoms in total. The molecule has 0 saturated carbocycles. The fourth-order valence-electron chi connectivity index (χ4n) is 2.77. The smallest absolute Gasteiger partial charge is 0.225 e. The Hall–Kier alpha value is -0.910. The van der Waals surface area contributed by atoms with Crippen molar-refractivity contribution in [3.63, 3.8) is 0 Å². The highest BCUT2D eigenvalue weighted by Crippen LogP contribution is 2.29. The lowest BCUT2D eigenvalue weighted by Gasteiger charge is -2.30. The predicted octanol–water partition coefficient (Wildman–Crippen LogP) is 3.80. The maximum Gasteiger partial charge on any atom is 0.225 e. The minimum Gasteiger partial charge on any atom is -0.368 e. The maximum atomic E-state index is 6.01. The molecular formula is C15H21ClN4S. The van der Waals surface area contributed by atoms with Crippen LogP contribution in [0.1, 0.15) is 24.6 Å². The lowest BCUT2D eigenvalue weighted by atomic mass is 9.99. The van der Waals surface area contributed by atoms with E-state index in [0.717, 1.165) is 35.0 Å². The molecule has 0 aromatic carbocycles. The van der Waals surface area contributed by atoms with E-state index in [2.05, 4.69) is 40.1 Å². The number of piperidine rings is 1. The molecule has 1 fully saturated rings. The summed E-state index contributed by atoms with van der Waals surface area (Å²) in [6, 6.07) is 2.13. The van der Waals surface area contributed by atoms with Crippen molar-refractivity contribution in [2.75, 3.05) is 31.5 Å². The minimum atomic E-state index is 0.318. The summed E-state index contributed by atoms with van der Waals surface area (Å²) in [6.45, 7) is 8.79. The summed E-state index contributed by atoms with van der Waals surface area (Å²) >= 11 is 7.67. The molecule has 0 spiro atoms. The molecule has 0 unspecified atom stereocenters. The van der Waals surface area contributed by atoms with E-state index in [4.69, 9.17) is 11.6 Å². The topological polar surface area (TPSA) is 41.0 Å². The summed E-state index contributed by atoms with van der Waals surface area (Å²) in [5.41, 5.74) is 0. The summed E-state index contributed by atoms with van der Waals surface area (Å²) in [4.78, 5) is 13.3. The number of nitrogens with zero attached hydrogens (tertiary/aromatic N) is 3. The Morgan fingerprint density at radius 1 is 1.38 bits per heavy atom. The zero-order valence-corrected chi connectivity index (χ0v) is 14.1. The van der Waals surface area contributed by atoms with Crippen molar-refractivity contribution >= 4 is 39.0 Å². The Bertz CT molecular complexity index is 619. The van der Waals surface area contributed by atoms with Crippen LogP contribution in [0, 0.1) is 12.8 Å². The molecule has 1 aliphatic heterocycles. The summed E-state index contributed by atoms with van der Waals surface area (Å²) in [5.74, 6) is 1.74. The first kappa shape index (κ1) is 15.0. The van der Waals surface area contributed by atoms with Gasteiger partial charge in [0, 0.05) is 18.0 Å². The molecule has 3 rings (SSSR count). The number of thiophene rings is 1. The zero-order chi connectivity index (χ0) is 14.8. The largest absolute Gasteiger partial charge is 0.368 e. The number of halogens is 1. The number of aromatic nitrogens is 2. The number of hydrogen-bond donors (Lipinski definition) is 1. The summed E-state index contributed by atoms with van der Waals surface area (Å²) in [5, 5.41) is 4.83. The molecule has 0 radical (unpaired) electrons. The lowest BCUT2D eigenvalue weighted by Crippen LogP contribution is -2.36. The highest BCUT2D eigenvalue weighted by Gasteiger charge is 2.15. The molecule has 0 atom stereocenters. The Balaban J connectivity index is 1.62. The monoisotopic (exact) mass is 324 g/mol. The van der Waals surface area contributed by atoms with Gasteiger partial charge < -0.3 is 10.2 Å². The molecule has 1 aliphatic rings. The highest BCUT2D eigenvalue weighted by molar-refractivity contribution is 7.18. The minimum absolute atomic E-state index is 0.318. The maximum absolute atomic E-state index is 6.01. The Morgan fingerprint density at radius 2 is 2.14 bits per heavy atom. The Kier molecular flexibility index (Phi) is 4.62. The van der Waals surface area contributed by atoms with E-state index >= 15 is 0 Å². The van der Waals surface area contributed by atoms with Crippen LogP contribution < -0.4 is 5.32 Å². The zero-order valence-electron chi connectivity index (χ0n) is 12.5. The van der Waals surface area contributed by atoms with Gasteiger partial charge in [-0.2, -0.15) is 0 Å². The van der Waals surface area contributed by atoms with Crippen LogP contribution in [-0.2, 0) is 0 Å². The van der Waals surface area contributed by atoms with E-state index in [-0.39, 0.29) is 0 Å². The highest BCUT2D eigenvalue weighted by atomic mass is 35.5. The molecule has 3 heterocycles. The molecule has 21 heavy (non-hydrogen) atoms. The van der Waals surface area contributed by atoms with Crippen molar-refractivity contribution in [1.82, 2.24) is 14.9 Å². The van der Waals surface area contributed by atoms with Gasteiger partial charge in [0.1, 0.15) is 10.6 Å². The van der Waals surface area contributed by atoms with Crippen molar-refractivity contribution in [1.29, 1.82) is 0 Å². The fourth-order valence-corrected chi connectivity index (χ4v) is 3.87. The van der Waals surface area contributed by atoms with Gasteiger partial charge in [-0.1, -0.05) is 6.92 Å². The molecule has 0 aliphatic carbocycles. The molecule has 2 aromatic rings. The molecule has 0 amide bonds. The number of rotatable bonds is 4. The van der Waals surface area contributed by atoms with Gasteiger partial charge in [0.05, 0.1) is 5.39 Å². The van der Waals surface area contributed by atoms with Crippen LogP contribution >= 0.6 is 22.9 Å². The van der Waals surface area contributed by atoms with Gasteiger partial charge in [0.15, 0.2) is 0 Å². The molecule has 0 bridgehead atoms. The van der Waals surface area contributed by atoms with E-state index < -0.39 is 0 Å². The molecule has 114 valence electrons. The summed E-state index contributed by atoms with van der Waals surface area (Å²) in [7, 11) is 0. The molecule has 1 N–H and O–H groups in total. The van der Waals surface area contributed by atoms with Crippen LogP contribution in [0.2, 0.25) is 5.28 Å². The van der Waals surface area contributed by atoms with Crippen molar-refractivity contribution in [3.8, 4) is 0 Å². The van der Waals surface area contributed by atoms with Gasteiger partial charge >= 0.3 is 0 Å². The third kappa shape index (κ3) is 3.65. The van der Waals surface area contributed by atoms with Crippen LogP contribution in [0.5, 0.6) is 0 Å². The second kappa shape index (κ2) is 6.46. The van der Waals surface area contributed by atoms with E-state index in [1.165, 1.54) is 30.8 Å². The average molecular weight is 325 g/mol. The van der Waals surface area contributed by atoms with E-state index in [9.17, 15) is 0 Å². The normalized spacial score (nSPS) is 17.5. The fraction of sp³-hybridized carbons (Fsp3) is 0.600. The van der Waals surface area contributed by atoms with Crippen molar-refractivity contribution in [2.24, 2.45) is 5.92 Å². The van der Waals surface area contributed by atoms with Crippen LogP contribution in [0.3, 0.4) is 0 Å². The summed E-state index contributed by atoms with van der Waals surface area (Å²) < 4.78 is 0. The van der Waals surface area contributed by atoms with Crippen molar-refractivity contribution < 1.29 is 0 Å². The predicted molar refractivity (Wildman–Crippen MR) is 90.5 cm³/mol. The second-order valence-corrected chi connectivity index (χ2v) is 7.44. The first-order valence-corrected chi connectivity index (χ1v) is 8.71. The number of fused-ring (bicyclic) bond motifs is 1. The number of hydrogen-bond acceptors (Lipinski definition) is 5. The number of nitrogens with one attached hydrogen (secondary N) is 1. The van der Waals surface area contributed by atoms with E-state index in [1.807, 2.05) is 0 Å². The molecule has 1 saturated heterocycles. The number of anilines is 1. The SMILES string of the molecule is Cc1cc2c(NCCN3CCC(C)CC3)nc(Cl)nc2s1. The van der Waals surface area contributed by atoms with Gasteiger partial charge in [-0.25, -0.2) is 9.97 Å². The van der Waals surface area contributed by atoms with Crippen LogP contribution in [0.4, 0.5) is 5.82 Å². The van der Waals surface area contributed by atoms with Crippen molar-refractivity contribution in [3.05, 3.63) is 16.2 Å². The Labute approximate surface area is 134 Å². The van der Waals surface area contributed by atoms with Gasteiger partial charge in [0.25, 0.3) is 0 Å². The lowest BCUT2D eigenvalue weighted by molar-refractivity contribution is 0.199. The third-order valence-corrected chi connectivity index (χ3v) is 5.20. The van der Waals surface area contributed by atoms with E-state index in [0.29, 0.717) is 5.28 Å². The quantitative estimate of drug-likeness (QED) is 0.869. The Morgan fingerprint density at radius 3 is 2.90 bits per heavy atom. The molecule has 2 aromatic heterocycles. The molecular weight excluding hydrogens is 304 g/mol. The van der Waals surface area contributed by atoms with Crippen molar-refractivity contribution in [2.45, 2.75) is 26.7 Å². The number of aryl methyl sites for hydroxylation is 1. The van der Waals surface area contributed by atoms with Crippen LogP contribution in [-0.4, -0.2) is 41.0 Å².